The van der Waals surface area contributed by atoms with E-state index in [1.807, 2.05) is 0 Å². The van der Waals surface area contributed by atoms with Crippen LogP contribution in [-0.4, -0.2) is 24.4 Å². The lowest BCUT2D eigenvalue weighted by atomic mass is 9.97. The van der Waals surface area contributed by atoms with Crippen LogP contribution in [0, 0.1) is 5.92 Å². The fourth-order valence-electron chi connectivity index (χ4n) is 0.952. The highest BCUT2D eigenvalue weighted by atomic mass is 19.3. The Hall–Kier alpha value is -0.710. The zero-order valence-electron chi connectivity index (χ0n) is 8.81. The molecule has 0 aromatic rings. The van der Waals surface area contributed by atoms with Gasteiger partial charge in [0.05, 0.1) is 5.54 Å². The number of hydrogen-bond acceptors (Lipinski definition) is 2. The van der Waals surface area contributed by atoms with Crippen molar-refractivity contribution in [3.63, 3.8) is 0 Å². The van der Waals surface area contributed by atoms with Crippen LogP contribution in [0.1, 0.15) is 27.2 Å². The minimum atomic E-state index is -2.60. The predicted octanol–water partition coefficient (Wildman–Crippen LogP) is 1.13. The van der Waals surface area contributed by atoms with Crippen molar-refractivity contribution in [3.8, 4) is 0 Å². The number of amides is 1. The maximum Gasteiger partial charge on any atom is 0.261 e. The van der Waals surface area contributed by atoms with Gasteiger partial charge in [0, 0.05) is 5.92 Å². The Morgan fingerprint density at radius 1 is 1.50 bits per heavy atom. The van der Waals surface area contributed by atoms with Crippen LogP contribution in [0.4, 0.5) is 8.78 Å². The van der Waals surface area contributed by atoms with Crippen molar-refractivity contribution in [2.75, 3.05) is 6.54 Å². The van der Waals surface area contributed by atoms with Crippen LogP contribution in [0.3, 0.4) is 0 Å². The van der Waals surface area contributed by atoms with Gasteiger partial charge in [0.15, 0.2) is 0 Å². The van der Waals surface area contributed by atoms with Gasteiger partial charge in [0.2, 0.25) is 5.91 Å². The summed E-state index contributed by atoms with van der Waals surface area (Å²) in [6, 6.07) is 0. The SMILES string of the molecule is CC(C)C(=O)NC(C)(CCN)C(F)F. The lowest BCUT2D eigenvalue weighted by Crippen LogP contribution is -2.53. The molecule has 84 valence electrons. The number of hydrogen-bond donors (Lipinski definition) is 2. The van der Waals surface area contributed by atoms with Gasteiger partial charge in [-0.15, -0.1) is 0 Å². The summed E-state index contributed by atoms with van der Waals surface area (Å²) >= 11 is 0. The largest absolute Gasteiger partial charge is 0.345 e. The molecular formula is C9H18F2N2O. The molecule has 0 aliphatic heterocycles. The van der Waals surface area contributed by atoms with Gasteiger partial charge in [-0.05, 0) is 19.9 Å². The maximum atomic E-state index is 12.6. The monoisotopic (exact) mass is 208 g/mol. The van der Waals surface area contributed by atoms with Crippen LogP contribution in [0.2, 0.25) is 0 Å². The first-order valence-corrected chi connectivity index (χ1v) is 4.63. The molecule has 0 fully saturated rings. The van der Waals surface area contributed by atoms with Crippen molar-refractivity contribution in [3.05, 3.63) is 0 Å². The number of carbonyl (C=O) groups excluding carboxylic acids is 1. The quantitative estimate of drug-likeness (QED) is 0.711. The number of carbonyl (C=O) groups is 1. The first-order chi connectivity index (χ1) is 6.33. The summed E-state index contributed by atoms with van der Waals surface area (Å²) in [5.41, 5.74) is 3.72. The summed E-state index contributed by atoms with van der Waals surface area (Å²) in [6.07, 6.45) is -2.53. The highest BCUT2D eigenvalue weighted by molar-refractivity contribution is 5.78. The van der Waals surface area contributed by atoms with Gasteiger partial charge in [0.25, 0.3) is 6.43 Å². The number of rotatable bonds is 5. The van der Waals surface area contributed by atoms with Gasteiger partial charge in [0.1, 0.15) is 0 Å². The molecule has 14 heavy (non-hydrogen) atoms. The average molecular weight is 208 g/mol. The topological polar surface area (TPSA) is 55.1 Å². The molecule has 1 unspecified atom stereocenters. The van der Waals surface area contributed by atoms with Gasteiger partial charge in [-0.1, -0.05) is 13.8 Å². The van der Waals surface area contributed by atoms with E-state index in [2.05, 4.69) is 5.32 Å². The van der Waals surface area contributed by atoms with Gasteiger partial charge < -0.3 is 11.1 Å². The van der Waals surface area contributed by atoms with Crippen LogP contribution in [0.25, 0.3) is 0 Å². The third-order valence-corrected chi connectivity index (χ3v) is 2.08. The minimum absolute atomic E-state index is 0.0725. The van der Waals surface area contributed by atoms with Gasteiger partial charge in [-0.25, -0.2) is 8.78 Å². The van der Waals surface area contributed by atoms with E-state index >= 15 is 0 Å². The van der Waals surface area contributed by atoms with Crippen molar-refractivity contribution in [2.45, 2.75) is 39.2 Å². The standard InChI is InChI=1S/C9H18F2N2O/c1-6(2)7(14)13-9(3,4-5-12)8(10)11/h6,8H,4-5,12H2,1-3H3,(H,13,14). The summed E-state index contributed by atoms with van der Waals surface area (Å²) in [6.45, 7) is 4.75. The molecule has 0 spiro atoms. The van der Waals surface area contributed by atoms with Gasteiger partial charge in [-0.3, -0.25) is 4.79 Å². The Morgan fingerprint density at radius 2 is 2.00 bits per heavy atom. The Morgan fingerprint density at radius 3 is 2.29 bits per heavy atom. The lowest BCUT2D eigenvalue weighted by molar-refractivity contribution is -0.128. The van der Waals surface area contributed by atoms with Crippen molar-refractivity contribution in [1.82, 2.24) is 5.32 Å². The molecule has 0 saturated heterocycles. The molecule has 0 bridgehead atoms. The lowest BCUT2D eigenvalue weighted by Gasteiger charge is -2.30. The molecule has 0 saturated carbocycles. The smallest absolute Gasteiger partial charge is 0.261 e. The summed E-state index contributed by atoms with van der Waals surface area (Å²) in [7, 11) is 0. The summed E-state index contributed by atoms with van der Waals surface area (Å²) in [5, 5.41) is 2.32. The summed E-state index contributed by atoms with van der Waals surface area (Å²) < 4.78 is 25.2. The van der Waals surface area contributed by atoms with E-state index in [9.17, 15) is 13.6 Å². The Labute approximate surface area is 83.0 Å². The molecule has 0 aliphatic carbocycles. The van der Waals surface area contributed by atoms with E-state index < -0.39 is 12.0 Å². The van der Waals surface area contributed by atoms with Gasteiger partial charge in [-0.2, -0.15) is 0 Å². The highest BCUT2D eigenvalue weighted by Gasteiger charge is 2.36. The molecule has 0 heterocycles. The Bertz CT molecular complexity index is 197. The second-order valence-electron chi connectivity index (χ2n) is 3.90. The summed E-state index contributed by atoms with van der Waals surface area (Å²) in [5.74, 6) is -0.674. The third kappa shape index (κ3) is 3.57. The van der Waals surface area contributed by atoms with E-state index in [1.54, 1.807) is 13.8 Å². The van der Waals surface area contributed by atoms with Crippen LogP contribution in [0.15, 0.2) is 0 Å². The molecule has 0 radical (unpaired) electrons. The fraction of sp³-hybridized carbons (Fsp3) is 0.889. The zero-order valence-corrected chi connectivity index (χ0v) is 8.81. The molecule has 5 heteroatoms. The van der Waals surface area contributed by atoms with Crippen LogP contribution >= 0.6 is 0 Å². The van der Waals surface area contributed by atoms with Crippen LogP contribution in [-0.2, 0) is 4.79 Å². The number of alkyl halides is 2. The second kappa shape index (κ2) is 5.24. The van der Waals surface area contributed by atoms with E-state index in [1.165, 1.54) is 6.92 Å². The molecular weight excluding hydrogens is 190 g/mol. The Balaban J connectivity index is 4.44. The predicted molar refractivity (Wildman–Crippen MR) is 51.1 cm³/mol. The third-order valence-electron chi connectivity index (χ3n) is 2.08. The molecule has 0 aromatic heterocycles. The molecule has 3 N–H and O–H groups in total. The molecule has 1 amide bonds. The first-order valence-electron chi connectivity index (χ1n) is 4.63. The van der Waals surface area contributed by atoms with Crippen LogP contribution < -0.4 is 11.1 Å². The number of nitrogens with two attached hydrogens (primary N) is 1. The fourth-order valence-corrected chi connectivity index (χ4v) is 0.952. The normalized spacial score (nSPS) is 15.7. The van der Waals surface area contributed by atoms with Crippen molar-refractivity contribution in [2.24, 2.45) is 11.7 Å². The molecule has 1 atom stereocenters. The van der Waals surface area contributed by atoms with Gasteiger partial charge >= 0.3 is 0 Å². The molecule has 0 aliphatic rings. The van der Waals surface area contributed by atoms with E-state index in [4.69, 9.17) is 5.73 Å². The van der Waals surface area contributed by atoms with E-state index in [0.29, 0.717) is 0 Å². The van der Waals surface area contributed by atoms with Crippen molar-refractivity contribution in [1.29, 1.82) is 0 Å². The maximum absolute atomic E-state index is 12.6. The minimum Gasteiger partial charge on any atom is -0.345 e. The second-order valence-corrected chi connectivity index (χ2v) is 3.90. The molecule has 3 nitrogen and oxygen atoms in total. The summed E-state index contributed by atoms with van der Waals surface area (Å²) in [4.78, 5) is 11.3. The van der Waals surface area contributed by atoms with Crippen molar-refractivity contribution >= 4 is 5.91 Å². The number of halogens is 2. The van der Waals surface area contributed by atoms with Crippen LogP contribution in [0.5, 0.6) is 0 Å². The van der Waals surface area contributed by atoms with E-state index in [-0.39, 0.29) is 24.8 Å². The highest BCUT2D eigenvalue weighted by Crippen LogP contribution is 2.19. The van der Waals surface area contributed by atoms with Crippen molar-refractivity contribution < 1.29 is 13.6 Å². The zero-order chi connectivity index (χ0) is 11.4. The number of nitrogens with one attached hydrogen (secondary N) is 1. The first kappa shape index (κ1) is 13.3. The molecule has 0 aromatic carbocycles. The van der Waals surface area contributed by atoms with E-state index in [0.717, 1.165) is 0 Å². The Kier molecular flexibility index (Phi) is 4.97. The molecule has 0 rings (SSSR count). The average Bonchev–Trinajstić information content (AvgIpc) is 2.03.